The van der Waals surface area contributed by atoms with Crippen LogP contribution in [0.4, 0.5) is 21.9 Å². The minimum absolute atomic E-state index is 0.0871. The number of aromatic nitrogens is 1. The molecule has 9 heteroatoms. The van der Waals surface area contributed by atoms with Crippen molar-refractivity contribution in [2.24, 2.45) is 0 Å². The summed E-state index contributed by atoms with van der Waals surface area (Å²) >= 11 is 0. The maximum absolute atomic E-state index is 12.5. The van der Waals surface area contributed by atoms with E-state index < -0.39 is 16.9 Å². The fraction of sp³-hybridized carbons (Fsp3) is 0.0500. The highest BCUT2D eigenvalue weighted by atomic mass is 16.6. The molecule has 0 spiro atoms. The monoisotopic (exact) mass is 392 g/mol. The van der Waals surface area contributed by atoms with Gasteiger partial charge in [0.15, 0.2) is 0 Å². The van der Waals surface area contributed by atoms with Crippen molar-refractivity contribution in [1.82, 2.24) is 4.98 Å². The van der Waals surface area contributed by atoms with Gasteiger partial charge in [0, 0.05) is 17.2 Å². The zero-order chi connectivity index (χ0) is 21.0. The summed E-state index contributed by atoms with van der Waals surface area (Å²) in [6, 6.07) is 14.5. The molecular weight excluding hydrogens is 376 g/mol. The Labute approximate surface area is 165 Å². The van der Waals surface area contributed by atoms with Crippen LogP contribution < -0.4 is 10.6 Å². The van der Waals surface area contributed by atoms with Gasteiger partial charge in [0.25, 0.3) is 11.6 Å². The van der Waals surface area contributed by atoms with Crippen LogP contribution in [0.25, 0.3) is 11.3 Å². The fourth-order valence-corrected chi connectivity index (χ4v) is 2.75. The Morgan fingerprint density at radius 3 is 2.21 bits per heavy atom. The summed E-state index contributed by atoms with van der Waals surface area (Å²) in [5, 5.41) is 24.6. The number of para-hydroxylation sites is 2. The predicted molar refractivity (Wildman–Crippen MR) is 107 cm³/mol. The third-order valence-electron chi connectivity index (χ3n) is 4.11. The van der Waals surface area contributed by atoms with Crippen LogP contribution >= 0.6 is 0 Å². The average Bonchev–Trinajstić information content (AvgIpc) is 2.69. The molecule has 0 saturated heterocycles. The smallest absolute Gasteiger partial charge is 0.409 e. The number of carbonyl (C=O) groups excluding carboxylic acids is 1. The first kappa shape index (κ1) is 19.5. The topological polar surface area (TPSA) is 134 Å². The Morgan fingerprint density at radius 1 is 1.03 bits per heavy atom. The second-order valence-corrected chi connectivity index (χ2v) is 6.12. The number of anilines is 2. The average molecular weight is 392 g/mol. The number of amides is 2. The molecule has 0 saturated carbocycles. The lowest BCUT2D eigenvalue weighted by atomic mass is 10.0. The summed E-state index contributed by atoms with van der Waals surface area (Å²) in [6.45, 7) is 1.72. The van der Waals surface area contributed by atoms with E-state index in [4.69, 9.17) is 5.11 Å². The molecule has 0 atom stereocenters. The molecule has 146 valence electrons. The normalized spacial score (nSPS) is 10.2. The van der Waals surface area contributed by atoms with Crippen LogP contribution in [0.5, 0.6) is 0 Å². The Hall–Kier alpha value is -4.27. The SMILES string of the molecule is Cc1cc([N+](=O)[O-])cnc1-c1ccc(C(=O)Nc2ccccc2NC(=O)O)cc1. The van der Waals surface area contributed by atoms with Crippen LogP contribution in [-0.2, 0) is 0 Å². The minimum atomic E-state index is -1.23. The molecule has 0 aliphatic heterocycles. The number of carbonyl (C=O) groups is 2. The number of pyridine rings is 1. The van der Waals surface area contributed by atoms with Gasteiger partial charge in [0.05, 0.1) is 22.0 Å². The van der Waals surface area contributed by atoms with Gasteiger partial charge in [-0.15, -0.1) is 0 Å². The Morgan fingerprint density at radius 2 is 1.66 bits per heavy atom. The van der Waals surface area contributed by atoms with E-state index in [0.29, 0.717) is 28.1 Å². The molecule has 29 heavy (non-hydrogen) atoms. The Balaban J connectivity index is 1.80. The van der Waals surface area contributed by atoms with Crippen LogP contribution in [0.1, 0.15) is 15.9 Å². The molecular formula is C20H16N4O5. The van der Waals surface area contributed by atoms with Gasteiger partial charge in [-0.05, 0) is 36.8 Å². The molecule has 1 heterocycles. The van der Waals surface area contributed by atoms with Crippen LogP contribution in [0.2, 0.25) is 0 Å². The van der Waals surface area contributed by atoms with Crippen molar-refractivity contribution in [3.63, 3.8) is 0 Å². The molecule has 0 unspecified atom stereocenters. The number of aryl methyl sites for hydroxylation is 1. The molecule has 3 rings (SSSR count). The lowest BCUT2D eigenvalue weighted by molar-refractivity contribution is -0.385. The summed E-state index contributed by atoms with van der Waals surface area (Å²) in [7, 11) is 0. The molecule has 1 aromatic heterocycles. The Kier molecular flexibility index (Phi) is 5.49. The maximum atomic E-state index is 12.5. The summed E-state index contributed by atoms with van der Waals surface area (Å²) in [5.74, 6) is -0.412. The van der Waals surface area contributed by atoms with E-state index in [9.17, 15) is 19.7 Å². The third kappa shape index (κ3) is 4.53. The zero-order valence-electron chi connectivity index (χ0n) is 15.2. The van der Waals surface area contributed by atoms with Crippen molar-refractivity contribution in [2.75, 3.05) is 10.6 Å². The number of nitrogens with one attached hydrogen (secondary N) is 2. The van der Waals surface area contributed by atoms with E-state index in [2.05, 4.69) is 15.6 Å². The molecule has 0 aliphatic carbocycles. The van der Waals surface area contributed by atoms with E-state index in [0.717, 1.165) is 0 Å². The largest absolute Gasteiger partial charge is 0.465 e. The van der Waals surface area contributed by atoms with Gasteiger partial charge in [-0.1, -0.05) is 24.3 Å². The van der Waals surface area contributed by atoms with Gasteiger partial charge >= 0.3 is 6.09 Å². The highest BCUT2D eigenvalue weighted by molar-refractivity contribution is 6.07. The number of hydrogen-bond donors (Lipinski definition) is 3. The molecule has 2 amide bonds. The number of rotatable bonds is 5. The van der Waals surface area contributed by atoms with Gasteiger partial charge in [-0.3, -0.25) is 20.2 Å². The molecule has 9 nitrogen and oxygen atoms in total. The molecule has 2 aromatic carbocycles. The number of hydrogen-bond acceptors (Lipinski definition) is 5. The first-order chi connectivity index (χ1) is 13.8. The Bertz CT molecular complexity index is 1100. The van der Waals surface area contributed by atoms with Crippen molar-refractivity contribution in [1.29, 1.82) is 0 Å². The first-order valence-electron chi connectivity index (χ1n) is 8.47. The highest BCUT2D eigenvalue weighted by Crippen LogP contribution is 2.25. The van der Waals surface area contributed by atoms with Crippen molar-refractivity contribution in [3.8, 4) is 11.3 Å². The van der Waals surface area contributed by atoms with Gasteiger partial charge in [0.1, 0.15) is 6.20 Å². The summed E-state index contributed by atoms with van der Waals surface area (Å²) in [4.78, 5) is 37.9. The predicted octanol–water partition coefficient (Wildman–Crippen LogP) is 4.31. The lowest BCUT2D eigenvalue weighted by Gasteiger charge is -2.11. The number of benzene rings is 2. The third-order valence-corrected chi connectivity index (χ3v) is 4.11. The number of nitro groups is 1. The van der Waals surface area contributed by atoms with Gasteiger partial charge in [-0.2, -0.15) is 0 Å². The first-order valence-corrected chi connectivity index (χ1v) is 8.47. The molecule has 0 bridgehead atoms. The minimum Gasteiger partial charge on any atom is -0.465 e. The fourth-order valence-electron chi connectivity index (χ4n) is 2.75. The molecule has 0 aliphatic rings. The highest BCUT2D eigenvalue weighted by Gasteiger charge is 2.13. The zero-order valence-corrected chi connectivity index (χ0v) is 15.2. The molecule has 0 radical (unpaired) electrons. The summed E-state index contributed by atoms with van der Waals surface area (Å²) < 4.78 is 0. The lowest BCUT2D eigenvalue weighted by Crippen LogP contribution is -2.15. The van der Waals surface area contributed by atoms with Crippen LogP contribution in [0.3, 0.4) is 0 Å². The van der Waals surface area contributed by atoms with Crippen molar-refractivity contribution >= 4 is 29.1 Å². The van der Waals surface area contributed by atoms with Crippen molar-refractivity contribution < 1.29 is 19.6 Å². The molecule has 0 fully saturated rings. The number of nitrogens with zero attached hydrogens (tertiary/aromatic N) is 2. The van der Waals surface area contributed by atoms with Crippen LogP contribution in [-0.4, -0.2) is 27.0 Å². The van der Waals surface area contributed by atoms with E-state index in [1.807, 2.05) is 0 Å². The van der Waals surface area contributed by atoms with E-state index in [1.165, 1.54) is 18.3 Å². The van der Waals surface area contributed by atoms with E-state index in [-0.39, 0.29) is 11.4 Å². The van der Waals surface area contributed by atoms with Gasteiger partial charge in [0.2, 0.25) is 0 Å². The van der Waals surface area contributed by atoms with Crippen molar-refractivity contribution in [2.45, 2.75) is 6.92 Å². The number of carboxylic acid groups (broad SMARTS) is 1. The molecule has 3 N–H and O–H groups in total. The van der Waals surface area contributed by atoms with Crippen LogP contribution in [0, 0.1) is 17.0 Å². The quantitative estimate of drug-likeness (QED) is 0.437. The standard InChI is InChI=1S/C20H16N4O5/c1-12-10-15(24(28)29)11-21-18(12)13-6-8-14(9-7-13)19(25)22-16-4-2-3-5-17(16)23-20(26)27/h2-11,23H,1H3,(H,22,25)(H,26,27). The summed E-state index contributed by atoms with van der Waals surface area (Å²) in [5.41, 5.74) is 2.80. The second kappa shape index (κ2) is 8.17. The van der Waals surface area contributed by atoms with Gasteiger partial charge in [-0.25, -0.2) is 9.78 Å². The van der Waals surface area contributed by atoms with E-state index in [1.54, 1.807) is 49.4 Å². The maximum Gasteiger partial charge on any atom is 0.409 e. The van der Waals surface area contributed by atoms with E-state index >= 15 is 0 Å². The second-order valence-electron chi connectivity index (χ2n) is 6.12. The van der Waals surface area contributed by atoms with Gasteiger partial charge < -0.3 is 10.4 Å². The summed E-state index contributed by atoms with van der Waals surface area (Å²) in [6.07, 6.45) is -0.0444. The van der Waals surface area contributed by atoms with Crippen LogP contribution in [0.15, 0.2) is 60.8 Å². The molecule has 3 aromatic rings. The van der Waals surface area contributed by atoms with Crippen molar-refractivity contribution in [3.05, 3.63) is 82.0 Å².